The number of rotatable bonds is 3. The number of carbonyl (C=O) groups excluding carboxylic acids is 2. The van der Waals surface area contributed by atoms with Crippen molar-refractivity contribution in [2.24, 2.45) is 4.99 Å². The monoisotopic (exact) mass is 516 g/mol. The van der Waals surface area contributed by atoms with E-state index in [4.69, 9.17) is 9.73 Å². The Kier molecular flexibility index (Phi) is 4.85. The van der Waals surface area contributed by atoms with E-state index in [-0.39, 0.29) is 17.9 Å². The Morgan fingerprint density at radius 2 is 1.83 bits per heavy atom. The van der Waals surface area contributed by atoms with Gasteiger partial charge in [-0.1, -0.05) is 0 Å². The third-order valence-electron chi connectivity index (χ3n) is 6.13. The zero-order chi connectivity index (χ0) is 21.0. The van der Waals surface area contributed by atoms with Gasteiger partial charge in [0.2, 0.25) is 5.88 Å². The van der Waals surface area contributed by atoms with Gasteiger partial charge in [0.15, 0.2) is 0 Å². The number of benzene rings is 1. The van der Waals surface area contributed by atoms with Crippen molar-refractivity contribution in [3.05, 3.63) is 50.2 Å². The molecule has 5 rings (SSSR count). The zero-order valence-corrected chi connectivity index (χ0v) is 19.0. The van der Waals surface area contributed by atoms with Crippen LogP contribution in [-0.2, 0) is 6.42 Å². The third-order valence-corrected chi connectivity index (χ3v) is 7.03. The molecule has 0 spiro atoms. The summed E-state index contributed by atoms with van der Waals surface area (Å²) in [7, 11) is 3.66. The van der Waals surface area contributed by atoms with Crippen LogP contribution in [0.5, 0.6) is 5.88 Å². The van der Waals surface area contributed by atoms with Crippen LogP contribution in [0.3, 0.4) is 0 Å². The maximum Gasteiger partial charge on any atom is 0.261 e. The van der Waals surface area contributed by atoms with Crippen molar-refractivity contribution in [3.63, 3.8) is 0 Å². The summed E-state index contributed by atoms with van der Waals surface area (Å²) in [5.41, 5.74) is 4.38. The SMILES string of the molecule is COc1nccc(I)c1C1=Nc2cc3c(cc2C1)C(=O)N(C1CCN(C)CC1)C3=O. The molecule has 30 heavy (non-hydrogen) atoms. The molecule has 1 aromatic carbocycles. The second kappa shape index (κ2) is 7.42. The topological polar surface area (TPSA) is 75.1 Å². The molecule has 8 heteroatoms. The number of aromatic nitrogens is 1. The van der Waals surface area contributed by atoms with Crippen LogP contribution in [0.2, 0.25) is 0 Å². The summed E-state index contributed by atoms with van der Waals surface area (Å²) in [6.07, 6.45) is 3.93. The first kappa shape index (κ1) is 19.6. The fraction of sp³-hybridized carbons (Fsp3) is 0.364. The van der Waals surface area contributed by atoms with Gasteiger partial charge in [-0.3, -0.25) is 19.5 Å². The van der Waals surface area contributed by atoms with E-state index in [2.05, 4.69) is 39.5 Å². The van der Waals surface area contributed by atoms with Crippen LogP contribution in [0.1, 0.15) is 44.7 Å². The Labute approximate surface area is 188 Å². The van der Waals surface area contributed by atoms with Crippen molar-refractivity contribution >= 4 is 45.8 Å². The molecule has 7 nitrogen and oxygen atoms in total. The molecule has 0 radical (unpaired) electrons. The minimum atomic E-state index is -0.190. The number of amides is 2. The van der Waals surface area contributed by atoms with Crippen LogP contribution < -0.4 is 4.74 Å². The van der Waals surface area contributed by atoms with Crippen molar-refractivity contribution < 1.29 is 14.3 Å². The molecular formula is C22H21IN4O3. The lowest BCUT2D eigenvalue weighted by Gasteiger charge is -2.33. The number of piperidine rings is 1. The van der Waals surface area contributed by atoms with Crippen LogP contribution in [0.25, 0.3) is 0 Å². The maximum absolute atomic E-state index is 13.1. The third kappa shape index (κ3) is 3.04. The van der Waals surface area contributed by atoms with Crippen molar-refractivity contribution in [2.45, 2.75) is 25.3 Å². The molecular weight excluding hydrogens is 495 g/mol. The standard InChI is InChI=1S/C22H21IN4O3/c1-26-7-4-13(5-8-26)27-21(28)14-9-12-10-18(25-17(12)11-15(14)22(27)29)19-16(23)3-6-24-20(19)30-2/h3,6,9,11,13H,4-5,7-8,10H2,1-2H3. The number of carbonyl (C=O) groups is 2. The number of aliphatic imine (C=N–C) groups is 1. The summed E-state index contributed by atoms with van der Waals surface area (Å²) in [6, 6.07) is 5.52. The van der Waals surface area contributed by atoms with E-state index in [0.717, 1.165) is 52.0 Å². The van der Waals surface area contributed by atoms with Gasteiger partial charge in [-0.25, -0.2) is 4.98 Å². The summed E-state index contributed by atoms with van der Waals surface area (Å²) >= 11 is 2.25. The quantitative estimate of drug-likeness (QED) is 0.463. The first-order valence-corrected chi connectivity index (χ1v) is 11.1. The van der Waals surface area contributed by atoms with Gasteiger partial charge in [-0.2, -0.15) is 0 Å². The van der Waals surface area contributed by atoms with Crippen LogP contribution in [0, 0.1) is 3.57 Å². The summed E-state index contributed by atoms with van der Waals surface area (Å²) in [5.74, 6) is 0.167. The number of hydrogen-bond donors (Lipinski definition) is 0. The predicted molar refractivity (Wildman–Crippen MR) is 121 cm³/mol. The summed E-state index contributed by atoms with van der Waals surface area (Å²) in [6.45, 7) is 1.79. The molecule has 154 valence electrons. The maximum atomic E-state index is 13.1. The highest BCUT2D eigenvalue weighted by Crippen LogP contribution is 2.38. The number of likely N-dealkylation sites (tertiary alicyclic amines) is 1. The molecule has 2 amide bonds. The van der Waals surface area contributed by atoms with E-state index in [1.807, 2.05) is 12.1 Å². The predicted octanol–water partition coefficient (Wildman–Crippen LogP) is 3.06. The average molecular weight is 516 g/mol. The van der Waals surface area contributed by atoms with Crippen molar-refractivity contribution in [1.82, 2.24) is 14.8 Å². The van der Waals surface area contributed by atoms with E-state index in [1.54, 1.807) is 19.4 Å². The first-order valence-electron chi connectivity index (χ1n) is 9.97. The number of ether oxygens (including phenoxy) is 1. The van der Waals surface area contributed by atoms with Crippen molar-refractivity contribution in [3.8, 4) is 5.88 Å². The minimum absolute atomic E-state index is 0.0243. The molecule has 1 saturated heterocycles. The number of fused-ring (bicyclic) bond motifs is 2. The highest BCUT2D eigenvalue weighted by Gasteiger charge is 2.41. The second-order valence-electron chi connectivity index (χ2n) is 7.95. The molecule has 0 saturated carbocycles. The molecule has 2 aromatic rings. The summed E-state index contributed by atoms with van der Waals surface area (Å²) < 4.78 is 6.42. The molecule has 0 unspecified atom stereocenters. The largest absolute Gasteiger partial charge is 0.480 e. The van der Waals surface area contributed by atoms with Gasteiger partial charge in [0.25, 0.3) is 11.8 Å². The first-order chi connectivity index (χ1) is 14.5. The van der Waals surface area contributed by atoms with Gasteiger partial charge in [0.05, 0.1) is 35.2 Å². The zero-order valence-electron chi connectivity index (χ0n) is 16.8. The van der Waals surface area contributed by atoms with E-state index < -0.39 is 0 Å². The molecule has 0 aliphatic carbocycles. The van der Waals surface area contributed by atoms with Crippen molar-refractivity contribution in [2.75, 3.05) is 27.2 Å². The Morgan fingerprint density at radius 1 is 1.13 bits per heavy atom. The molecule has 1 aromatic heterocycles. The highest BCUT2D eigenvalue weighted by atomic mass is 127. The van der Waals surface area contributed by atoms with Crippen LogP contribution in [0.4, 0.5) is 5.69 Å². The Bertz CT molecular complexity index is 1110. The number of nitrogens with zero attached hydrogens (tertiary/aromatic N) is 4. The lowest BCUT2D eigenvalue weighted by atomic mass is 10.0. The van der Waals surface area contributed by atoms with Crippen LogP contribution in [0.15, 0.2) is 29.4 Å². The number of pyridine rings is 1. The van der Waals surface area contributed by atoms with Gasteiger partial charge < -0.3 is 9.64 Å². The average Bonchev–Trinajstić information content (AvgIpc) is 3.25. The molecule has 0 bridgehead atoms. The van der Waals surface area contributed by atoms with E-state index in [1.165, 1.54) is 4.90 Å². The molecule has 1 fully saturated rings. The minimum Gasteiger partial charge on any atom is -0.480 e. The van der Waals surface area contributed by atoms with Gasteiger partial charge in [0.1, 0.15) is 0 Å². The lowest BCUT2D eigenvalue weighted by molar-refractivity contribution is 0.0516. The van der Waals surface area contributed by atoms with Gasteiger partial charge >= 0.3 is 0 Å². The molecule has 0 atom stereocenters. The smallest absolute Gasteiger partial charge is 0.261 e. The van der Waals surface area contributed by atoms with Crippen molar-refractivity contribution in [1.29, 1.82) is 0 Å². The Balaban J connectivity index is 1.49. The normalized spacial score (nSPS) is 19.2. The van der Waals surface area contributed by atoms with Crippen LogP contribution in [-0.4, -0.2) is 65.6 Å². The fourth-order valence-electron chi connectivity index (χ4n) is 4.52. The van der Waals surface area contributed by atoms with E-state index in [0.29, 0.717) is 23.4 Å². The van der Waals surface area contributed by atoms with Gasteiger partial charge in [-0.15, -0.1) is 0 Å². The summed E-state index contributed by atoms with van der Waals surface area (Å²) in [5, 5.41) is 0. The molecule has 0 N–H and O–H groups in total. The fourth-order valence-corrected chi connectivity index (χ4v) is 5.22. The number of hydrogen-bond acceptors (Lipinski definition) is 6. The molecule has 3 aliphatic heterocycles. The Morgan fingerprint density at radius 3 is 2.53 bits per heavy atom. The van der Waals surface area contributed by atoms with Crippen LogP contribution >= 0.6 is 22.6 Å². The number of halogens is 1. The van der Waals surface area contributed by atoms with E-state index in [9.17, 15) is 9.59 Å². The number of methoxy groups -OCH3 is 1. The molecule has 3 aliphatic rings. The Hall–Kier alpha value is -2.33. The lowest BCUT2D eigenvalue weighted by Crippen LogP contribution is -2.46. The second-order valence-corrected chi connectivity index (χ2v) is 9.12. The highest BCUT2D eigenvalue weighted by molar-refractivity contribution is 14.1. The number of imide groups is 1. The summed E-state index contributed by atoms with van der Waals surface area (Å²) in [4.78, 5) is 39.0. The van der Waals surface area contributed by atoms with Gasteiger partial charge in [0, 0.05) is 22.2 Å². The molecule has 4 heterocycles. The van der Waals surface area contributed by atoms with Gasteiger partial charge in [-0.05, 0) is 79.3 Å². The van der Waals surface area contributed by atoms with E-state index >= 15 is 0 Å².